The van der Waals surface area contributed by atoms with E-state index in [9.17, 15) is 10.1 Å². The third-order valence-electron chi connectivity index (χ3n) is 4.94. The molecule has 1 aliphatic heterocycles. The minimum Gasteiger partial charge on any atom is -0.340 e. The Bertz CT molecular complexity index is 892. The van der Waals surface area contributed by atoms with Gasteiger partial charge in [0, 0.05) is 25.2 Å². The van der Waals surface area contributed by atoms with E-state index in [4.69, 9.17) is 11.6 Å². The maximum absolute atomic E-state index is 13.1. The van der Waals surface area contributed by atoms with Gasteiger partial charge in [0.15, 0.2) is 6.19 Å². The first-order chi connectivity index (χ1) is 14.1. The minimum atomic E-state index is -0.331. The Morgan fingerprint density at radius 2 is 1.97 bits per heavy atom. The van der Waals surface area contributed by atoms with E-state index >= 15 is 0 Å². The van der Waals surface area contributed by atoms with E-state index in [1.165, 1.54) is 0 Å². The maximum Gasteiger partial charge on any atom is 0.245 e. The van der Waals surface area contributed by atoms with Crippen LogP contribution in [-0.2, 0) is 17.9 Å². The molecule has 1 saturated heterocycles. The number of nitrogens with zero attached hydrogens (tertiary/aromatic N) is 4. The molecule has 0 unspecified atom stereocenters. The van der Waals surface area contributed by atoms with Crippen molar-refractivity contribution in [3.8, 4) is 6.19 Å². The standard InChI is InChI=1S/C22H24ClN5O/c1-27(15-18-9-11-19(23)12-10-18)21(29)20-8-5-13-28(20)22(26-16-24)25-14-17-6-3-2-4-7-17/h2-4,6-7,9-12,20H,5,8,13-15H2,1H3,(H,25,26)/t20-/m1/s1. The SMILES string of the molecule is CN(Cc1ccc(Cl)cc1)C(=O)[C@H]1CCCN1C(=NCc1ccccc1)NC#N. The van der Waals surface area contributed by atoms with E-state index in [0.717, 1.165) is 24.0 Å². The van der Waals surface area contributed by atoms with Gasteiger partial charge in [-0.05, 0) is 36.1 Å². The lowest BCUT2D eigenvalue weighted by Gasteiger charge is -2.29. The van der Waals surface area contributed by atoms with Crippen LogP contribution in [0.3, 0.4) is 0 Å². The predicted molar refractivity (Wildman–Crippen MR) is 114 cm³/mol. The van der Waals surface area contributed by atoms with Crippen molar-refractivity contribution >= 4 is 23.5 Å². The molecule has 3 rings (SSSR count). The van der Waals surface area contributed by atoms with E-state index in [-0.39, 0.29) is 11.9 Å². The average Bonchev–Trinajstić information content (AvgIpc) is 3.22. The summed E-state index contributed by atoms with van der Waals surface area (Å²) in [5.41, 5.74) is 2.06. The first-order valence-electron chi connectivity index (χ1n) is 9.58. The minimum absolute atomic E-state index is 0.0181. The number of likely N-dealkylation sites (tertiary alicyclic amines) is 1. The molecule has 1 atom stereocenters. The van der Waals surface area contributed by atoms with Crippen LogP contribution >= 0.6 is 11.6 Å². The molecule has 7 heteroatoms. The highest BCUT2D eigenvalue weighted by Gasteiger charge is 2.34. The number of benzene rings is 2. The van der Waals surface area contributed by atoms with Gasteiger partial charge in [0.05, 0.1) is 6.54 Å². The quantitative estimate of drug-likeness (QED) is 0.355. The summed E-state index contributed by atoms with van der Waals surface area (Å²) in [4.78, 5) is 21.3. The molecule has 0 radical (unpaired) electrons. The van der Waals surface area contributed by atoms with Gasteiger partial charge in [-0.3, -0.25) is 10.1 Å². The molecule has 0 aromatic heterocycles. The fourth-order valence-electron chi connectivity index (χ4n) is 3.47. The van der Waals surface area contributed by atoms with Gasteiger partial charge in [-0.25, -0.2) is 4.99 Å². The van der Waals surface area contributed by atoms with Crippen LogP contribution in [0.4, 0.5) is 0 Å². The van der Waals surface area contributed by atoms with Crippen molar-refractivity contribution in [3.63, 3.8) is 0 Å². The van der Waals surface area contributed by atoms with Gasteiger partial charge in [0.1, 0.15) is 6.04 Å². The van der Waals surface area contributed by atoms with Crippen molar-refractivity contribution in [1.29, 1.82) is 5.26 Å². The number of likely N-dealkylation sites (N-methyl/N-ethyl adjacent to an activating group) is 1. The number of amides is 1. The number of nitrogens with one attached hydrogen (secondary N) is 1. The van der Waals surface area contributed by atoms with Crippen molar-refractivity contribution in [3.05, 3.63) is 70.7 Å². The molecule has 29 heavy (non-hydrogen) atoms. The smallest absolute Gasteiger partial charge is 0.245 e. The highest BCUT2D eigenvalue weighted by molar-refractivity contribution is 6.30. The Morgan fingerprint density at radius 1 is 1.24 bits per heavy atom. The molecular formula is C22H24ClN5O. The second-order valence-corrected chi connectivity index (χ2v) is 7.47. The summed E-state index contributed by atoms with van der Waals surface area (Å²) in [6.45, 7) is 1.64. The first-order valence-corrected chi connectivity index (χ1v) is 9.96. The van der Waals surface area contributed by atoms with E-state index in [2.05, 4.69) is 10.3 Å². The monoisotopic (exact) mass is 409 g/mol. The molecule has 0 spiro atoms. The summed E-state index contributed by atoms with van der Waals surface area (Å²) in [7, 11) is 1.80. The molecule has 2 aromatic rings. The Labute approximate surface area is 176 Å². The van der Waals surface area contributed by atoms with Crippen LogP contribution in [0.1, 0.15) is 24.0 Å². The molecule has 1 heterocycles. The van der Waals surface area contributed by atoms with E-state index in [1.807, 2.05) is 65.7 Å². The Morgan fingerprint density at radius 3 is 2.66 bits per heavy atom. The van der Waals surface area contributed by atoms with Crippen LogP contribution in [0.5, 0.6) is 0 Å². The zero-order chi connectivity index (χ0) is 20.6. The normalized spacial score (nSPS) is 16.4. The molecule has 1 amide bonds. The summed E-state index contributed by atoms with van der Waals surface area (Å²) >= 11 is 5.94. The molecule has 1 fully saturated rings. The largest absolute Gasteiger partial charge is 0.340 e. The number of hydrogen-bond donors (Lipinski definition) is 1. The topological polar surface area (TPSA) is 71.7 Å². The number of guanidine groups is 1. The second-order valence-electron chi connectivity index (χ2n) is 7.03. The van der Waals surface area contributed by atoms with Crippen LogP contribution in [0.25, 0.3) is 0 Å². The second kappa shape index (κ2) is 9.94. The van der Waals surface area contributed by atoms with Crippen molar-refractivity contribution in [2.75, 3.05) is 13.6 Å². The van der Waals surface area contributed by atoms with Gasteiger partial charge < -0.3 is 9.80 Å². The summed E-state index contributed by atoms with van der Waals surface area (Å²) in [6.07, 6.45) is 3.57. The van der Waals surface area contributed by atoms with Crippen LogP contribution in [0.2, 0.25) is 5.02 Å². The van der Waals surface area contributed by atoms with E-state index in [1.54, 1.807) is 11.9 Å². The lowest BCUT2D eigenvalue weighted by molar-refractivity contribution is -0.134. The Kier molecular flexibility index (Phi) is 7.09. The summed E-state index contributed by atoms with van der Waals surface area (Å²) in [6, 6.07) is 17.0. The summed E-state index contributed by atoms with van der Waals surface area (Å²) in [5, 5.41) is 12.5. The maximum atomic E-state index is 13.1. The lowest BCUT2D eigenvalue weighted by Crippen LogP contribution is -2.49. The van der Waals surface area contributed by atoms with Crippen LogP contribution < -0.4 is 5.32 Å². The van der Waals surface area contributed by atoms with Crippen molar-refractivity contribution in [2.45, 2.75) is 32.0 Å². The molecule has 0 bridgehead atoms. The third kappa shape index (κ3) is 5.49. The van der Waals surface area contributed by atoms with Gasteiger partial charge in [0.2, 0.25) is 11.9 Å². The van der Waals surface area contributed by atoms with Crippen LogP contribution in [-0.4, -0.2) is 41.3 Å². The number of carbonyl (C=O) groups excluding carboxylic acids is 1. The molecule has 0 aliphatic carbocycles. The van der Waals surface area contributed by atoms with Crippen LogP contribution in [0.15, 0.2) is 59.6 Å². The number of carbonyl (C=O) groups is 1. The predicted octanol–water partition coefficient (Wildman–Crippen LogP) is 3.39. The van der Waals surface area contributed by atoms with Gasteiger partial charge >= 0.3 is 0 Å². The molecule has 2 aromatic carbocycles. The molecular weight excluding hydrogens is 386 g/mol. The van der Waals surface area contributed by atoms with Crippen molar-refractivity contribution in [2.24, 2.45) is 4.99 Å². The number of rotatable bonds is 5. The summed E-state index contributed by atoms with van der Waals surface area (Å²) < 4.78 is 0. The molecule has 0 saturated carbocycles. The van der Waals surface area contributed by atoms with Gasteiger partial charge in [-0.1, -0.05) is 54.1 Å². The Balaban J connectivity index is 1.71. The number of halogens is 1. The van der Waals surface area contributed by atoms with E-state index in [0.29, 0.717) is 30.6 Å². The van der Waals surface area contributed by atoms with Crippen LogP contribution in [0, 0.1) is 11.5 Å². The average molecular weight is 410 g/mol. The highest BCUT2D eigenvalue weighted by Crippen LogP contribution is 2.21. The van der Waals surface area contributed by atoms with Gasteiger partial charge in [-0.2, -0.15) is 5.26 Å². The number of hydrogen-bond acceptors (Lipinski definition) is 3. The molecule has 1 N–H and O–H groups in total. The lowest BCUT2D eigenvalue weighted by atomic mass is 10.1. The fraction of sp³-hybridized carbons (Fsp3) is 0.318. The molecule has 6 nitrogen and oxygen atoms in total. The Hall–Kier alpha value is -3.04. The molecule has 150 valence electrons. The molecule has 1 aliphatic rings. The zero-order valence-corrected chi connectivity index (χ0v) is 17.1. The van der Waals surface area contributed by atoms with Crippen molar-refractivity contribution < 1.29 is 4.79 Å². The number of aliphatic imine (C=N–C) groups is 1. The third-order valence-corrected chi connectivity index (χ3v) is 5.19. The zero-order valence-electron chi connectivity index (χ0n) is 16.4. The summed E-state index contributed by atoms with van der Waals surface area (Å²) in [5.74, 6) is 0.469. The first kappa shape index (κ1) is 20.7. The van der Waals surface area contributed by atoms with Gasteiger partial charge in [-0.15, -0.1) is 0 Å². The highest BCUT2D eigenvalue weighted by atomic mass is 35.5. The van der Waals surface area contributed by atoms with E-state index < -0.39 is 0 Å². The fourth-order valence-corrected chi connectivity index (χ4v) is 3.60. The van der Waals surface area contributed by atoms with Gasteiger partial charge in [0.25, 0.3) is 0 Å². The van der Waals surface area contributed by atoms with Crippen molar-refractivity contribution in [1.82, 2.24) is 15.1 Å². The number of nitriles is 1.